The molecule has 2 aromatic carbocycles. The molecule has 0 radical (unpaired) electrons. The van der Waals surface area contributed by atoms with Crippen LogP contribution in [0.3, 0.4) is 0 Å². The zero-order valence-corrected chi connectivity index (χ0v) is 17.1. The predicted molar refractivity (Wildman–Crippen MR) is 110 cm³/mol. The lowest BCUT2D eigenvalue weighted by atomic mass is 10.1. The van der Waals surface area contributed by atoms with Gasteiger partial charge in [0.25, 0.3) is 5.91 Å². The summed E-state index contributed by atoms with van der Waals surface area (Å²) in [6.07, 6.45) is 0.611. The van der Waals surface area contributed by atoms with E-state index < -0.39 is 24.4 Å². The number of carbonyl (C=O) groups is 3. The van der Waals surface area contributed by atoms with Crippen LogP contribution in [0.2, 0.25) is 0 Å². The van der Waals surface area contributed by atoms with Gasteiger partial charge < -0.3 is 15.0 Å². The Morgan fingerprint density at radius 3 is 2.63 bits per heavy atom. The normalized spacial score (nSPS) is 15.9. The fourth-order valence-electron chi connectivity index (χ4n) is 3.43. The highest BCUT2D eigenvalue weighted by atomic mass is 19.1. The van der Waals surface area contributed by atoms with Crippen LogP contribution < -0.4 is 10.2 Å². The molecule has 0 aliphatic carbocycles. The maximum Gasteiger partial charge on any atom is 0.311 e. The molecule has 3 rings (SSSR count). The molecule has 0 aromatic heterocycles. The Hall–Kier alpha value is -3.22. The molecule has 1 aliphatic heterocycles. The number of nitrogens with zero attached hydrogens (tertiary/aromatic N) is 1. The Balaban J connectivity index is 1.44. The van der Waals surface area contributed by atoms with Gasteiger partial charge in [0.1, 0.15) is 5.82 Å². The van der Waals surface area contributed by atoms with Crippen LogP contribution in [0.1, 0.15) is 23.1 Å². The summed E-state index contributed by atoms with van der Waals surface area (Å²) in [7, 11) is 0. The van der Waals surface area contributed by atoms with Crippen LogP contribution in [0.25, 0.3) is 0 Å². The van der Waals surface area contributed by atoms with Crippen molar-refractivity contribution in [2.45, 2.75) is 26.7 Å². The largest absolute Gasteiger partial charge is 0.455 e. The van der Waals surface area contributed by atoms with E-state index in [2.05, 4.69) is 5.32 Å². The molecule has 2 amide bonds. The van der Waals surface area contributed by atoms with Crippen LogP contribution in [-0.4, -0.2) is 37.5 Å². The van der Waals surface area contributed by atoms with Crippen LogP contribution in [0, 0.1) is 25.6 Å². The number of nitrogens with one attached hydrogen (secondary N) is 1. The number of halogens is 1. The van der Waals surface area contributed by atoms with E-state index in [-0.39, 0.29) is 24.7 Å². The highest BCUT2D eigenvalue weighted by molar-refractivity contribution is 6.00. The smallest absolute Gasteiger partial charge is 0.311 e. The van der Waals surface area contributed by atoms with Crippen molar-refractivity contribution < 1.29 is 23.5 Å². The van der Waals surface area contributed by atoms with Gasteiger partial charge in [-0.25, -0.2) is 4.39 Å². The standard InChI is InChI=1S/C23H25FN2O4/c1-15-4-3-5-20(16(15)2)26-13-18(12-22(26)28)23(29)30-14-21(27)25-11-10-17-6-8-19(24)9-7-17/h3-9,18H,10-14H2,1-2H3,(H,25,27)/t18-/m1/s1. The maximum absolute atomic E-state index is 12.9. The Labute approximate surface area is 175 Å². The van der Waals surface area contributed by atoms with Crippen LogP contribution in [0.5, 0.6) is 0 Å². The molecule has 2 aromatic rings. The molecule has 7 heteroatoms. The number of ether oxygens (including phenoxy) is 1. The summed E-state index contributed by atoms with van der Waals surface area (Å²) in [4.78, 5) is 38.3. The molecule has 1 saturated heterocycles. The number of amides is 2. The van der Waals surface area contributed by atoms with Crippen molar-refractivity contribution in [1.29, 1.82) is 0 Å². The second kappa shape index (κ2) is 9.52. The number of carbonyl (C=O) groups excluding carboxylic acids is 3. The topological polar surface area (TPSA) is 75.7 Å². The third-order valence-corrected chi connectivity index (χ3v) is 5.32. The number of benzene rings is 2. The van der Waals surface area contributed by atoms with Crippen molar-refractivity contribution in [3.05, 3.63) is 65.0 Å². The average molecular weight is 412 g/mol. The third kappa shape index (κ3) is 5.23. The van der Waals surface area contributed by atoms with Gasteiger partial charge in [-0.15, -0.1) is 0 Å². The quantitative estimate of drug-likeness (QED) is 0.710. The molecule has 0 unspecified atom stereocenters. The lowest BCUT2D eigenvalue weighted by Gasteiger charge is -2.20. The summed E-state index contributed by atoms with van der Waals surface area (Å²) < 4.78 is 18.0. The number of aryl methyl sites for hydroxylation is 1. The van der Waals surface area contributed by atoms with Gasteiger partial charge >= 0.3 is 5.97 Å². The van der Waals surface area contributed by atoms with Gasteiger partial charge in [0.05, 0.1) is 5.92 Å². The summed E-state index contributed by atoms with van der Waals surface area (Å²) in [5.41, 5.74) is 3.77. The van der Waals surface area contributed by atoms with Gasteiger partial charge in [0.15, 0.2) is 6.61 Å². The van der Waals surface area contributed by atoms with Gasteiger partial charge in [-0.3, -0.25) is 14.4 Å². The van der Waals surface area contributed by atoms with Crippen LogP contribution in [-0.2, 0) is 25.5 Å². The summed E-state index contributed by atoms with van der Waals surface area (Å²) >= 11 is 0. The first kappa shape index (κ1) is 21.5. The van der Waals surface area contributed by atoms with Crippen LogP contribution in [0.15, 0.2) is 42.5 Å². The fraction of sp³-hybridized carbons (Fsp3) is 0.348. The Morgan fingerprint density at radius 2 is 1.90 bits per heavy atom. The second-order valence-electron chi connectivity index (χ2n) is 7.46. The van der Waals surface area contributed by atoms with Crippen molar-refractivity contribution in [2.75, 3.05) is 24.6 Å². The molecule has 158 valence electrons. The minimum absolute atomic E-state index is 0.0679. The molecular formula is C23H25FN2O4. The Kier molecular flexibility index (Phi) is 6.82. The highest BCUT2D eigenvalue weighted by Crippen LogP contribution is 2.29. The molecular weight excluding hydrogens is 387 g/mol. The number of rotatable bonds is 7. The van der Waals surface area contributed by atoms with E-state index in [1.807, 2.05) is 32.0 Å². The van der Waals surface area contributed by atoms with Gasteiger partial charge in [-0.1, -0.05) is 24.3 Å². The molecule has 1 fully saturated rings. The highest BCUT2D eigenvalue weighted by Gasteiger charge is 2.36. The maximum atomic E-state index is 12.9. The first-order valence-corrected chi connectivity index (χ1v) is 9.89. The number of esters is 1. The van der Waals surface area contributed by atoms with E-state index in [0.29, 0.717) is 13.0 Å². The van der Waals surface area contributed by atoms with Crippen molar-refractivity contribution in [1.82, 2.24) is 5.32 Å². The Bertz CT molecular complexity index is 943. The molecule has 0 spiro atoms. The first-order valence-electron chi connectivity index (χ1n) is 9.89. The van der Waals surface area contributed by atoms with E-state index in [1.54, 1.807) is 17.0 Å². The second-order valence-corrected chi connectivity index (χ2v) is 7.46. The summed E-state index contributed by atoms with van der Waals surface area (Å²) in [6, 6.07) is 11.8. The predicted octanol–water partition coefficient (Wildman–Crippen LogP) is 2.70. The molecule has 1 heterocycles. The third-order valence-electron chi connectivity index (χ3n) is 5.32. The number of anilines is 1. The summed E-state index contributed by atoms with van der Waals surface area (Å²) in [6.45, 7) is 4.12. The van der Waals surface area contributed by atoms with Gasteiger partial charge in [0, 0.05) is 25.2 Å². The van der Waals surface area contributed by atoms with E-state index >= 15 is 0 Å². The van der Waals surface area contributed by atoms with Gasteiger partial charge in [0.2, 0.25) is 5.91 Å². The molecule has 1 atom stereocenters. The molecule has 6 nitrogen and oxygen atoms in total. The van der Waals surface area contributed by atoms with Crippen molar-refractivity contribution >= 4 is 23.5 Å². The molecule has 0 bridgehead atoms. The van der Waals surface area contributed by atoms with E-state index in [0.717, 1.165) is 22.4 Å². The molecule has 0 saturated carbocycles. The first-order chi connectivity index (χ1) is 14.3. The average Bonchev–Trinajstić information content (AvgIpc) is 3.11. The van der Waals surface area contributed by atoms with Gasteiger partial charge in [-0.2, -0.15) is 0 Å². The summed E-state index contributed by atoms with van der Waals surface area (Å²) in [5.74, 6) is -2.00. The van der Waals surface area contributed by atoms with E-state index in [9.17, 15) is 18.8 Å². The SMILES string of the molecule is Cc1cccc(N2C[C@H](C(=O)OCC(=O)NCCc3ccc(F)cc3)CC2=O)c1C. The van der Waals surface area contributed by atoms with Crippen molar-refractivity contribution in [3.63, 3.8) is 0 Å². The van der Waals surface area contributed by atoms with Crippen molar-refractivity contribution in [2.24, 2.45) is 5.92 Å². The lowest BCUT2D eigenvalue weighted by molar-refractivity contribution is -0.152. The van der Waals surface area contributed by atoms with E-state index in [4.69, 9.17) is 4.74 Å². The number of hydrogen-bond acceptors (Lipinski definition) is 4. The minimum Gasteiger partial charge on any atom is -0.455 e. The van der Waals surface area contributed by atoms with E-state index in [1.165, 1.54) is 12.1 Å². The Morgan fingerprint density at radius 1 is 1.17 bits per heavy atom. The van der Waals surface area contributed by atoms with Crippen LogP contribution in [0.4, 0.5) is 10.1 Å². The van der Waals surface area contributed by atoms with Crippen molar-refractivity contribution in [3.8, 4) is 0 Å². The monoisotopic (exact) mass is 412 g/mol. The summed E-state index contributed by atoms with van der Waals surface area (Å²) in [5, 5.41) is 2.66. The minimum atomic E-state index is -0.593. The zero-order valence-electron chi connectivity index (χ0n) is 17.1. The van der Waals surface area contributed by atoms with Crippen LogP contribution >= 0.6 is 0 Å². The fourth-order valence-corrected chi connectivity index (χ4v) is 3.43. The van der Waals surface area contributed by atoms with Gasteiger partial charge in [-0.05, 0) is 55.2 Å². The lowest BCUT2D eigenvalue weighted by Crippen LogP contribution is -2.32. The molecule has 30 heavy (non-hydrogen) atoms. The number of hydrogen-bond donors (Lipinski definition) is 1. The molecule has 1 aliphatic rings. The zero-order chi connectivity index (χ0) is 21.7. The molecule has 1 N–H and O–H groups in total.